The molecule has 24 heavy (non-hydrogen) atoms. The molecule has 2 rings (SSSR count). The molecule has 0 amide bonds. The molecular formula is C17H30N6O. The van der Waals surface area contributed by atoms with Gasteiger partial charge >= 0.3 is 0 Å². The van der Waals surface area contributed by atoms with Gasteiger partial charge in [0.1, 0.15) is 0 Å². The summed E-state index contributed by atoms with van der Waals surface area (Å²) in [5.41, 5.74) is -0.708. The van der Waals surface area contributed by atoms with Crippen molar-refractivity contribution in [1.82, 2.24) is 20.2 Å². The van der Waals surface area contributed by atoms with Gasteiger partial charge in [0.2, 0.25) is 5.95 Å². The number of aliphatic imine (C=N–C) groups is 1. The molecular weight excluding hydrogens is 304 g/mol. The van der Waals surface area contributed by atoms with E-state index >= 15 is 0 Å². The molecule has 7 heteroatoms. The number of hydrogen-bond donors (Lipinski definition) is 2. The minimum Gasteiger partial charge on any atom is -0.388 e. The van der Waals surface area contributed by atoms with E-state index in [1.54, 1.807) is 12.4 Å². The predicted molar refractivity (Wildman–Crippen MR) is 97.3 cm³/mol. The van der Waals surface area contributed by atoms with Gasteiger partial charge in [-0.2, -0.15) is 0 Å². The summed E-state index contributed by atoms with van der Waals surface area (Å²) in [6, 6.07) is 1.83. The van der Waals surface area contributed by atoms with Crippen molar-refractivity contribution in [1.29, 1.82) is 0 Å². The minimum absolute atomic E-state index is 0.435. The van der Waals surface area contributed by atoms with Gasteiger partial charge in [0, 0.05) is 45.1 Å². The fourth-order valence-corrected chi connectivity index (χ4v) is 2.69. The summed E-state index contributed by atoms with van der Waals surface area (Å²) in [7, 11) is 0. The van der Waals surface area contributed by atoms with Crippen molar-refractivity contribution < 1.29 is 5.11 Å². The van der Waals surface area contributed by atoms with Crippen LogP contribution in [0.25, 0.3) is 0 Å². The lowest BCUT2D eigenvalue weighted by Crippen LogP contribution is -2.53. The molecule has 1 saturated heterocycles. The van der Waals surface area contributed by atoms with Gasteiger partial charge in [-0.1, -0.05) is 13.8 Å². The molecule has 134 valence electrons. The van der Waals surface area contributed by atoms with E-state index in [9.17, 15) is 5.11 Å². The zero-order chi connectivity index (χ0) is 17.4. The number of anilines is 1. The van der Waals surface area contributed by atoms with E-state index < -0.39 is 5.60 Å². The van der Waals surface area contributed by atoms with E-state index in [-0.39, 0.29) is 0 Å². The lowest BCUT2D eigenvalue weighted by Gasteiger charge is -2.36. The van der Waals surface area contributed by atoms with Gasteiger partial charge in [-0.3, -0.25) is 4.99 Å². The van der Waals surface area contributed by atoms with Crippen molar-refractivity contribution >= 4 is 11.9 Å². The summed E-state index contributed by atoms with van der Waals surface area (Å²) in [6.45, 7) is 10.8. The molecule has 0 atom stereocenters. The first-order chi connectivity index (χ1) is 11.6. The molecule has 2 N–H and O–H groups in total. The Kier molecular flexibility index (Phi) is 6.78. The fourth-order valence-electron chi connectivity index (χ4n) is 2.69. The maximum absolute atomic E-state index is 10.5. The average Bonchev–Trinajstić information content (AvgIpc) is 2.66. The second kappa shape index (κ2) is 8.82. The van der Waals surface area contributed by atoms with Crippen LogP contribution >= 0.6 is 0 Å². The van der Waals surface area contributed by atoms with Crippen molar-refractivity contribution in [2.24, 2.45) is 4.99 Å². The van der Waals surface area contributed by atoms with Crippen LogP contribution in [0.5, 0.6) is 0 Å². The Bertz CT molecular complexity index is 509. The first-order valence-electron chi connectivity index (χ1n) is 8.89. The molecule has 7 nitrogen and oxygen atoms in total. The Morgan fingerprint density at radius 2 is 1.79 bits per heavy atom. The van der Waals surface area contributed by atoms with E-state index in [0.717, 1.165) is 44.6 Å². The molecule has 0 spiro atoms. The molecule has 0 saturated carbocycles. The molecule has 1 aliphatic rings. The monoisotopic (exact) mass is 334 g/mol. The molecule has 2 heterocycles. The molecule has 1 aromatic heterocycles. The number of hydrogen-bond acceptors (Lipinski definition) is 5. The van der Waals surface area contributed by atoms with Crippen molar-refractivity contribution in [3.05, 3.63) is 18.5 Å². The third-order valence-corrected chi connectivity index (χ3v) is 4.59. The average molecular weight is 334 g/mol. The van der Waals surface area contributed by atoms with Gasteiger partial charge in [0.05, 0.1) is 12.1 Å². The number of nitrogens with zero attached hydrogens (tertiary/aromatic N) is 5. The predicted octanol–water partition coefficient (Wildman–Crippen LogP) is 1.12. The summed E-state index contributed by atoms with van der Waals surface area (Å²) >= 11 is 0. The first kappa shape index (κ1) is 18.4. The Hall–Kier alpha value is -1.89. The van der Waals surface area contributed by atoms with Crippen molar-refractivity contribution in [2.75, 3.05) is 44.2 Å². The zero-order valence-electron chi connectivity index (χ0n) is 15.1. The maximum Gasteiger partial charge on any atom is 0.225 e. The Morgan fingerprint density at radius 1 is 1.17 bits per heavy atom. The summed E-state index contributed by atoms with van der Waals surface area (Å²) < 4.78 is 0. The van der Waals surface area contributed by atoms with Crippen LogP contribution in [-0.4, -0.2) is 70.8 Å². The highest BCUT2D eigenvalue weighted by atomic mass is 16.3. The van der Waals surface area contributed by atoms with Crippen LogP contribution in [0.15, 0.2) is 23.5 Å². The Morgan fingerprint density at radius 3 is 2.33 bits per heavy atom. The lowest BCUT2D eigenvalue weighted by molar-refractivity contribution is 0.0415. The Labute approximate surface area is 144 Å². The molecule has 1 aromatic rings. The molecule has 0 radical (unpaired) electrons. The molecule has 1 aliphatic heterocycles. The molecule has 0 unspecified atom stereocenters. The molecule has 0 aliphatic carbocycles. The number of guanidine groups is 1. The fraction of sp³-hybridized carbons (Fsp3) is 0.706. The largest absolute Gasteiger partial charge is 0.388 e. The SMILES string of the molecule is CCNC(=NCC(O)(CC)CC)N1CCN(c2ncccn2)CC1. The molecule has 0 bridgehead atoms. The standard InChI is InChI=1S/C17H30N6O/c1-4-17(24,5-2)14-21-15(18-6-3)22-10-12-23(13-11-22)16-19-8-7-9-20-16/h7-9,24H,4-6,10-14H2,1-3H3,(H,18,21). The zero-order valence-corrected chi connectivity index (χ0v) is 15.1. The van der Waals surface area contributed by atoms with Gasteiger partial charge in [0.15, 0.2) is 5.96 Å². The summed E-state index contributed by atoms with van der Waals surface area (Å²) in [6.07, 6.45) is 4.98. The first-order valence-corrected chi connectivity index (χ1v) is 8.89. The molecule has 1 fully saturated rings. The van der Waals surface area contributed by atoms with E-state index in [1.165, 1.54) is 0 Å². The highest BCUT2D eigenvalue weighted by Crippen LogP contribution is 2.15. The van der Waals surface area contributed by atoms with E-state index in [1.807, 2.05) is 19.9 Å². The summed E-state index contributed by atoms with van der Waals surface area (Å²) in [5.74, 6) is 1.66. The normalized spacial score (nSPS) is 16.4. The topological polar surface area (TPSA) is 76.9 Å². The lowest BCUT2D eigenvalue weighted by atomic mass is 9.98. The smallest absolute Gasteiger partial charge is 0.225 e. The third-order valence-electron chi connectivity index (χ3n) is 4.59. The quantitative estimate of drug-likeness (QED) is 0.600. The third kappa shape index (κ3) is 4.80. The minimum atomic E-state index is -0.708. The van der Waals surface area contributed by atoms with E-state index in [0.29, 0.717) is 19.4 Å². The highest BCUT2D eigenvalue weighted by molar-refractivity contribution is 5.80. The number of nitrogens with one attached hydrogen (secondary N) is 1. The Balaban J connectivity index is 1.98. The number of aliphatic hydroxyl groups is 1. The van der Waals surface area contributed by atoms with Gasteiger partial charge in [0.25, 0.3) is 0 Å². The van der Waals surface area contributed by atoms with Gasteiger partial charge < -0.3 is 20.2 Å². The van der Waals surface area contributed by atoms with Crippen LogP contribution in [-0.2, 0) is 0 Å². The van der Waals surface area contributed by atoms with Crippen LogP contribution < -0.4 is 10.2 Å². The van der Waals surface area contributed by atoms with Crippen LogP contribution in [0.2, 0.25) is 0 Å². The van der Waals surface area contributed by atoms with Crippen molar-refractivity contribution in [3.8, 4) is 0 Å². The van der Waals surface area contributed by atoms with Crippen molar-refractivity contribution in [3.63, 3.8) is 0 Å². The van der Waals surface area contributed by atoms with Crippen LogP contribution in [0.3, 0.4) is 0 Å². The summed E-state index contributed by atoms with van der Waals surface area (Å²) in [4.78, 5) is 17.7. The van der Waals surface area contributed by atoms with Crippen LogP contribution in [0.1, 0.15) is 33.6 Å². The summed E-state index contributed by atoms with van der Waals surface area (Å²) in [5, 5.41) is 13.8. The maximum atomic E-state index is 10.5. The molecule has 0 aromatic carbocycles. The van der Waals surface area contributed by atoms with E-state index in [4.69, 9.17) is 0 Å². The number of piperazine rings is 1. The second-order valence-corrected chi connectivity index (χ2v) is 6.12. The van der Waals surface area contributed by atoms with Crippen molar-refractivity contribution in [2.45, 2.75) is 39.2 Å². The number of aromatic nitrogens is 2. The van der Waals surface area contributed by atoms with Gasteiger partial charge in [-0.15, -0.1) is 0 Å². The van der Waals surface area contributed by atoms with Gasteiger partial charge in [-0.25, -0.2) is 9.97 Å². The van der Waals surface area contributed by atoms with Crippen LogP contribution in [0.4, 0.5) is 5.95 Å². The van der Waals surface area contributed by atoms with Crippen LogP contribution in [0, 0.1) is 0 Å². The number of rotatable bonds is 6. The van der Waals surface area contributed by atoms with E-state index in [2.05, 4.69) is 37.0 Å². The highest BCUT2D eigenvalue weighted by Gasteiger charge is 2.24. The second-order valence-electron chi connectivity index (χ2n) is 6.12. The van der Waals surface area contributed by atoms with Gasteiger partial charge in [-0.05, 0) is 25.8 Å².